The van der Waals surface area contributed by atoms with Crippen LogP contribution in [0.4, 0.5) is 0 Å². The third-order valence-electron chi connectivity index (χ3n) is 8.11. The number of piperidine rings is 1. The molecule has 0 radical (unpaired) electrons. The summed E-state index contributed by atoms with van der Waals surface area (Å²) in [5.41, 5.74) is 0.197. The zero-order valence-corrected chi connectivity index (χ0v) is 12.8. The monoisotopic (exact) mass is 291 g/mol. The molecular formula is C17H25NO3. The molecule has 0 amide bonds. The lowest BCUT2D eigenvalue weighted by molar-refractivity contribution is -0.352. The molecule has 0 aromatic heterocycles. The highest BCUT2D eigenvalue weighted by atomic mass is 16.7. The lowest BCUT2D eigenvalue weighted by atomic mass is 9.52. The van der Waals surface area contributed by atoms with Crippen molar-refractivity contribution in [1.29, 1.82) is 0 Å². The van der Waals surface area contributed by atoms with Crippen LogP contribution < -0.4 is 0 Å². The van der Waals surface area contributed by atoms with Crippen molar-refractivity contribution in [2.24, 2.45) is 22.7 Å². The summed E-state index contributed by atoms with van der Waals surface area (Å²) in [5.74, 6) is 0.651. The van der Waals surface area contributed by atoms with Crippen molar-refractivity contribution in [2.45, 2.75) is 63.1 Å². The number of aliphatic hydroxyl groups is 1. The van der Waals surface area contributed by atoms with E-state index in [4.69, 9.17) is 9.47 Å². The summed E-state index contributed by atoms with van der Waals surface area (Å²) in [4.78, 5) is 2.62. The fraction of sp³-hybridized carbons (Fsp3) is 1.00. The Morgan fingerprint density at radius 1 is 1.24 bits per heavy atom. The molecule has 6 rings (SSSR count). The topological polar surface area (TPSA) is 41.9 Å². The second kappa shape index (κ2) is 3.35. The number of nitrogens with zero attached hydrogens (tertiary/aromatic N) is 1. The van der Waals surface area contributed by atoms with Crippen molar-refractivity contribution in [3.63, 3.8) is 0 Å². The first-order chi connectivity index (χ1) is 10.1. The molecule has 0 aromatic rings. The van der Waals surface area contributed by atoms with Gasteiger partial charge in [-0.2, -0.15) is 0 Å². The fourth-order valence-electron chi connectivity index (χ4n) is 7.84. The Bertz CT molecular complexity index is 522. The smallest absolute Gasteiger partial charge is 0.176 e. The minimum atomic E-state index is -0.357. The second-order valence-electron chi connectivity index (χ2n) is 8.72. The third kappa shape index (κ3) is 0.991. The zero-order valence-electron chi connectivity index (χ0n) is 12.8. The van der Waals surface area contributed by atoms with E-state index in [1.807, 2.05) is 0 Å². The van der Waals surface area contributed by atoms with Gasteiger partial charge in [0.2, 0.25) is 0 Å². The van der Waals surface area contributed by atoms with Gasteiger partial charge in [-0.3, -0.25) is 0 Å². The van der Waals surface area contributed by atoms with Crippen LogP contribution in [-0.4, -0.2) is 53.7 Å². The molecule has 6 aliphatic rings. The molecule has 0 aromatic carbocycles. The molecule has 4 unspecified atom stereocenters. The van der Waals surface area contributed by atoms with Crippen molar-refractivity contribution >= 4 is 0 Å². The van der Waals surface area contributed by atoms with Crippen LogP contribution in [0.15, 0.2) is 0 Å². The maximum atomic E-state index is 11.0. The van der Waals surface area contributed by atoms with E-state index in [1.54, 1.807) is 0 Å². The molecule has 2 aliphatic carbocycles. The Labute approximate surface area is 125 Å². The summed E-state index contributed by atoms with van der Waals surface area (Å²) < 4.78 is 13.2. The average Bonchev–Trinajstić information content (AvgIpc) is 2.86. The number of ether oxygens (including phenoxy) is 2. The molecule has 2 spiro atoms. The van der Waals surface area contributed by atoms with Gasteiger partial charge in [-0.25, -0.2) is 0 Å². The van der Waals surface area contributed by atoms with E-state index in [0.29, 0.717) is 17.9 Å². The quantitative estimate of drug-likeness (QED) is 0.732. The molecule has 1 N–H and O–H groups in total. The summed E-state index contributed by atoms with van der Waals surface area (Å²) in [6.45, 7) is 5.81. The molecule has 4 heteroatoms. The molecule has 4 saturated heterocycles. The number of rotatable bonds is 0. The molecule has 9 atom stereocenters. The summed E-state index contributed by atoms with van der Waals surface area (Å²) in [7, 11) is 0. The molecule has 5 bridgehead atoms. The van der Waals surface area contributed by atoms with E-state index in [1.165, 1.54) is 32.4 Å². The maximum Gasteiger partial charge on any atom is 0.176 e. The van der Waals surface area contributed by atoms with Gasteiger partial charge < -0.3 is 19.5 Å². The van der Waals surface area contributed by atoms with Gasteiger partial charge in [-0.05, 0) is 44.1 Å². The van der Waals surface area contributed by atoms with Crippen LogP contribution in [-0.2, 0) is 9.47 Å². The Hall–Kier alpha value is -0.160. The van der Waals surface area contributed by atoms with E-state index in [-0.39, 0.29) is 28.8 Å². The SMILES string of the molecule is CC1C[C@H]2[C@H](O)[C@@H]3O[C@]4(C1)OC1CCN5CCCC24[C@]13C5. The summed E-state index contributed by atoms with van der Waals surface area (Å²) in [6, 6.07) is 0. The normalized spacial score (nSPS) is 70.0. The lowest BCUT2D eigenvalue weighted by Crippen LogP contribution is -2.60. The minimum absolute atomic E-state index is 0.0367. The van der Waals surface area contributed by atoms with E-state index in [0.717, 1.165) is 19.4 Å². The van der Waals surface area contributed by atoms with E-state index in [2.05, 4.69) is 11.8 Å². The van der Waals surface area contributed by atoms with Crippen molar-refractivity contribution < 1.29 is 14.6 Å². The van der Waals surface area contributed by atoms with Gasteiger partial charge in [0.1, 0.15) is 0 Å². The van der Waals surface area contributed by atoms with Gasteiger partial charge in [-0.1, -0.05) is 6.92 Å². The molecule has 4 heterocycles. The number of fused-ring (bicyclic) bond motifs is 1. The zero-order chi connectivity index (χ0) is 14.0. The molecule has 4 aliphatic heterocycles. The van der Waals surface area contributed by atoms with E-state index >= 15 is 0 Å². The van der Waals surface area contributed by atoms with Crippen LogP contribution in [0.2, 0.25) is 0 Å². The van der Waals surface area contributed by atoms with Crippen LogP contribution in [0.1, 0.15) is 39.0 Å². The first-order valence-corrected chi connectivity index (χ1v) is 8.89. The van der Waals surface area contributed by atoms with Crippen molar-refractivity contribution in [3.05, 3.63) is 0 Å². The van der Waals surface area contributed by atoms with Gasteiger partial charge in [0.15, 0.2) is 5.79 Å². The molecule has 2 saturated carbocycles. The summed E-state index contributed by atoms with van der Waals surface area (Å²) >= 11 is 0. The predicted molar refractivity (Wildman–Crippen MR) is 75.5 cm³/mol. The lowest BCUT2D eigenvalue weighted by Gasteiger charge is -2.54. The number of hydrogen-bond acceptors (Lipinski definition) is 4. The third-order valence-corrected chi connectivity index (χ3v) is 8.11. The highest BCUT2D eigenvalue weighted by Gasteiger charge is 2.90. The predicted octanol–water partition coefficient (Wildman–Crippen LogP) is 1.37. The summed E-state index contributed by atoms with van der Waals surface area (Å²) in [5, 5.41) is 11.0. The molecule has 21 heavy (non-hydrogen) atoms. The van der Waals surface area contributed by atoms with Crippen LogP contribution in [0.3, 0.4) is 0 Å². The number of aliphatic hydroxyl groups excluding tert-OH is 1. The Kier molecular flexibility index (Phi) is 1.96. The largest absolute Gasteiger partial charge is 0.390 e. The Morgan fingerprint density at radius 3 is 3.05 bits per heavy atom. The Balaban J connectivity index is 1.64. The molecule has 4 nitrogen and oxygen atoms in total. The standard InChI is InChI=1S/C17H25NO3/c1-10-7-11-13(19)14-15-9-18-5-2-4-16(11,15)17(8-10,21-14)20-12(15)3-6-18/h10-14,19H,2-9H2,1H3/t10?,11-,12?,13-,14-,15+,16?,17-/m0/s1. The second-order valence-corrected chi connectivity index (χ2v) is 8.72. The van der Waals surface area contributed by atoms with E-state index in [9.17, 15) is 5.11 Å². The van der Waals surface area contributed by atoms with Gasteiger partial charge in [0.05, 0.1) is 18.3 Å². The summed E-state index contributed by atoms with van der Waals surface area (Å²) in [6.07, 6.45) is 5.90. The Morgan fingerprint density at radius 2 is 2.14 bits per heavy atom. The minimum Gasteiger partial charge on any atom is -0.390 e. The van der Waals surface area contributed by atoms with Crippen LogP contribution in [0, 0.1) is 22.7 Å². The van der Waals surface area contributed by atoms with Crippen LogP contribution in [0.5, 0.6) is 0 Å². The number of hydrogen-bond donors (Lipinski definition) is 1. The van der Waals surface area contributed by atoms with E-state index < -0.39 is 0 Å². The molecule has 6 fully saturated rings. The molecule has 116 valence electrons. The van der Waals surface area contributed by atoms with Crippen molar-refractivity contribution in [2.75, 3.05) is 19.6 Å². The van der Waals surface area contributed by atoms with Gasteiger partial charge in [-0.15, -0.1) is 0 Å². The van der Waals surface area contributed by atoms with Crippen LogP contribution >= 0.6 is 0 Å². The highest BCUT2D eigenvalue weighted by molar-refractivity contribution is 5.34. The fourth-order valence-corrected chi connectivity index (χ4v) is 7.84. The molecular weight excluding hydrogens is 266 g/mol. The van der Waals surface area contributed by atoms with Crippen molar-refractivity contribution in [1.82, 2.24) is 4.90 Å². The van der Waals surface area contributed by atoms with Gasteiger partial charge >= 0.3 is 0 Å². The highest BCUT2D eigenvalue weighted by Crippen LogP contribution is 2.82. The van der Waals surface area contributed by atoms with Crippen molar-refractivity contribution in [3.8, 4) is 0 Å². The average molecular weight is 291 g/mol. The van der Waals surface area contributed by atoms with Crippen LogP contribution in [0.25, 0.3) is 0 Å². The maximum absolute atomic E-state index is 11.0. The van der Waals surface area contributed by atoms with Gasteiger partial charge in [0.25, 0.3) is 0 Å². The first-order valence-electron chi connectivity index (χ1n) is 8.89. The van der Waals surface area contributed by atoms with Gasteiger partial charge in [0, 0.05) is 30.3 Å². The first kappa shape index (κ1) is 12.3.